The predicted molar refractivity (Wildman–Crippen MR) is 117 cm³/mol. The van der Waals surface area contributed by atoms with E-state index in [-0.39, 0.29) is 15.7 Å². The number of hydrogen-bond donors (Lipinski definition) is 0. The molecule has 4 rings (SSSR count). The number of nitrogens with zero attached hydrogens (tertiary/aromatic N) is 3. The maximum absolute atomic E-state index is 13.4. The first-order valence-corrected chi connectivity index (χ1v) is 10.7. The lowest BCUT2D eigenvalue weighted by molar-refractivity contribution is -0.135. The summed E-state index contributed by atoms with van der Waals surface area (Å²) in [6, 6.07) is 10.2. The molecule has 2 atom stereocenters. The van der Waals surface area contributed by atoms with Gasteiger partial charge in [-0.3, -0.25) is 19.3 Å². The highest BCUT2D eigenvalue weighted by atomic mass is 35.5. The van der Waals surface area contributed by atoms with E-state index in [9.17, 15) is 14.4 Å². The van der Waals surface area contributed by atoms with Crippen molar-refractivity contribution in [2.75, 3.05) is 12.0 Å². The fourth-order valence-corrected chi connectivity index (χ4v) is 4.52. The van der Waals surface area contributed by atoms with Gasteiger partial charge in [0.15, 0.2) is 5.78 Å². The molecule has 2 aromatic carbocycles. The molecule has 158 valence electrons. The van der Waals surface area contributed by atoms with Crippen molar-refractivity contribution in [3.63, 3.8) is 0 Å². The molecule has 7 nitrogen and oxygen atoms in total. The van der Waals surface area contributed by atoms with Crippen LogP contribution in [0.4, 0.5) is 5.13 Å². The number of amides is 1. The molecular weight excluding hydrogens is 461 g/mol. The Bertz CT molecular complexity index is 1200. The number of carbonyl (C=O) groups is 3. The molecule has 1 aliphatic rings. The van der Waals surface area contributed by atoms with Gasteiger partial charge in [-0.2, -0.15) is 0 Å². The number of aromatic nitrogens is 2. The van der Waals surface area contributed by atoms with Crippen LogP contribution in [0.15, 0.2) is 42.5 Å². The van der Waals surface area contributed by atoms with Crippen LogP contribution in [-0.4, -0.2) is 34.8 Å². The summed E-state index contributed by atoms with van der Waals surface area (Å²) in [7, 11) is 1.51. The normalized spacial score (nSPS) is 18.5. The smallest absolute Gasteiger partial charge is 0.297 e. The maximum Gasteiger partial charge on any atom is 0.297 e. The molecular formula is C21H15Cl2N3O4S. The van der Waals surface area contributed by atoms with E-state index in [2.05, 4.69) is 10.2 Å². The third-order valence-corrected chi connectivity index (χ3v) is 6.55. The summed E-state index contributed by atoms with van der Waals surface area (Å²) in [5, 5.41) is 9.38. The quantitative estimate of drug-likeness (QED) is 0.310. The Morgan fingerprint density at radius 1 is 1.06 bits per heavy atom. The van der Waals surface area contributed by atoms with E-state index in [1.165, 1.54) is 12.0 Å². The van der Waals surface area contributed by atoms with Crippen LogP contribution in [0.2, 0.25) is 10.0 Å². The fraction of sp³-hybridized carbons (Fsp3) is 0.190. The second kappa shape index (κ2) is 8.37. The molecule has 0 saturated carbocycles. The fourth-order valence-electron chi connectivity index (χ4n) is 3.50. The van der Waals surface area contributed by atoms with Crippen molar-refractivity contribution in [1.29, 1.82) is 0 Å². The van der Waals surface area contributed by atoms with Gasteiger partial charge in [0.2, 0.25) is 10.9 Å². The van der Waals surface area contributed by atoms with Crippen molar-refractivity contribution in [1.82, 2.24) is 10.2 Å². The van der Waals surface area contributed by atoms with Gasteiger partial charge in [-0.1, -0.05) is 40.6 Å². The van der Waals surface area contributed by atoms with Crippen molar-refractivity contribution in [3.8, 4) is 5.75 Å². The molecule has 0 aliphatic carbocycles. The number of hydrogen-bond acceptors (Lipinski definition) is 7. The van der Waals surface area contributed by atoms with Crippen molar-refractivity contribution < 1.29 is 19.1 Å². The Labute approximate surface area is 191 Å². The molecule has 31 heavy (non-hydrogen) atoms. The highest BCUT2D eigenvalue weighted by molar-refractivity contribution is 7.15. The predicted octanol–water partition coefficient (Wildman–Crippen LogP) is 4.32. The molecule has 2 heterocycles. The summed E-state index contributed by atoms with van der Waals surface area (Å²) >= 11 is 13.4. The molecule has 0 bridgehead atoms. The van der Waals surface area contributed by atoms with Gasteiger partial charge in [0.25, 0.3) is 5.91 Å². The van der Waals surface area contributed by atoms with Crippen LogP contribution < -0.4 is 9.64 Å². The lowest BCUT2D eigenvalue weighted by atomic mass is 9.86. The van der Waals surface area contributed by atoms with Gasteiger partial charge < -0.3 is 4.74 Å². The lowest BCUT2D eigenvalue weighted by Crippen LogP contribution is -2.30. The van der Waals surface area contributed by atoms with Crippen LogP contribution in [0.3, 0.4) is 0 Å². The number of halogens is 2. The summed E-state index contributed by atoms with van der Waals surface area (Å²) in [6.45, 7) is 1.73. The van der Waals surface area contributed by atoms with Gasteiger partial charge in [0.1, 0.15) is 16.7 Å². The first kappa shape index (κ1) is 21.4. The molecule has 1 fully saturated rings. The molecule has 1 amide bonds. The van der Waals surface area contributed by atoms with Gasteiger partial charge in [0.05, 0.1) is 23.2 Å². The van der Waals surface area contributed by atoms with E-state index < -0.39 is 29.4 Å². The highest BCUT2D eigenvalue weighted by Gasteiger charge is 2.53. The minimum atomic E-state index is -1.28. The van der Waals surface area contributed by atoms with Crippen LogP contribution in [0.5, 0.6) is 5.75 Å². The summed E-state index contributed by atoms with van der Waals surface area (Å²) in [5.41, 5.74) is 0.778. The first-order chi connectivity index (χ1) is 14.8. The number of anilines is 1. The number of rotatable bonds is 5. The SMILES string of the molecule is COc1ccc(C(=O)C2C(=O)C(=O)N(c3nnc(C)s3)C2c2ccc(Cl)c(Cl)c2)cc1. The van der Waals surface area contributed by atoms with E-state index in [0.717, 1.165) is 11.3 Å². The minimum absolute atomic E-state index is 0.233. The van der Waals surface area contributed by atoms with E-state index in [0.29, 0.717) is 21.3 Å². The molecule has 2 unspecified atom stereocenters. The molecule has 1 saturated heterocycles. The van der Waals surface area contributed by atoms with Gasteiger partial charge in [0, 0.05) is 5.56 Å². The topological polar surface area (TPSA) is 89.5 Å². The number of Topliss-reactive ketones (excluding diaryl/α,β-unsaturated/α-hetero) is 2. The summed E-state index contributed by atoms with van der Waals surface area (Å²) < 4.78 is 5.12. The Balaban J connectivity index is 1.84. The van der Waals surface area contributed by atoms with Crippen LogP contribution in [0, 0.1) is 12.8 Å². The number of carbonyl (C=O) groups excluding carboxylic acids is 3. The second-order valence-electron chi connectivity index (χ2n) is 6.83. The average Bonchev–Trinajstić information content (AvgIpc) is 3.30. The maximum atomic E-state index is 13.4. The lowest BCUT2D eigenvalue weighted by Gasteiger charge is -2.25. The van der Waals surface area contributed by atoms with E-state index in [4.69, 9.17) is 27.9 Å². The first-order valence-electron chi connectivity index (χ1n) is 9.12. The van der Waals surface area contributed by atoms with Gasteiger partial charge in [-0.05, 0) is 48.9 Å². The van der Waals surface area contributed by atoms with Crippen LogP contribution >= 0.6 is 34.5 Å². The monoisotopic (exact) mass is 475 g/mol. The summed E-state index contributed by atoms with van der Waals surface area (Å²) in [5.74, 6) is -2.83. The van der Waals surface area contributed by atoms with Crippen molar-refractivity contribution in [3.05, 3.63) is 68.6 Å². The second-order valence-corrected chi connectivity index (χ2v) is 8.81. The highest BCUT2D eigenvalue weighted by Crippen LogP contribution is 2.43. The molecule has 0 radical (unpaired) electrons. The third kappa shape index (κ3) is 3.82. The third-order valence-electron chi connectivity index (χ3n) is 4.97. The van der Waals surface area contributed by atoms with Crippen molar-refractivity contribution in [2.24, 2.45) is 5.92 Å². The number of ketones is 2. The minimum Gasteiger partial charge on any atom is -0.497 e. The molecule has 0 N–H and O–H groups in total. The zero-order valence-corrected chi connectivity index (χ0v) is 18.7. The Hall–Kier alpha value is -2.81. The zero-order chi connectivity index (χ0) is 22.3. The average molecular weight is 476 g/mol. The molecule has 3 aromatic rings. The number of methoxy groups -OCH3 is 1. The Kier molecular flexibility index (Phi) is 5.79. The Morgan fingerprint density at radius 3 is 2.35 bits per heavy atom. The molecule has 1 aromatic heterocycles. The summed E-state index contributed by atoms with van der Waals surface area (Å²) in [4.78, 5) is 40.6. The van der Waals surface area contributed by atoms with Crippen LogP contribution in [0.1, 0.15) is 27.0 Å². The van der Waals surface area contributed by atoms with Gasteiger partial charge >= 0.3 is 0 Å². The van der Waals surface area contributed by atoms with Crippen molar-refractivity contribution in [2.45, 2.75) is 13.0 Å². The van der Waals surface area contributed by atoms with E-state index >= 15 is 0 Å². The zero-order valence-electron chi connectivity index (χ0n) is 16.3. The number of benzene rings is 2. The number of aryl methyl sites for hydroxylation is 1. The number of ether oxygens (including phenoxy) is 1. The van der Waals surface area contributed by atoms with Crippen LogP contribution in [-0.2, 0) is 9.59 Å². The largest absolute Gasteiger partial charge is 0.497 e. The standard InChI is InChI=1S/C21H15Cl2N3O4S/c1-10-24-25-21(31-10)26-17(12-5-8-14(22)15(23)9-12)16(19(28)20(26)29)18(27)11-3-6-13(30-2)7-4-11/h3-9,16-17H,1-2H3. The summed E-state index contributed by atoms with van der Waals surface area (Å²) in [6.07, 6.45) is 0. The molecule has 0 spiro atoms. The van der Waals surface area contributed by atoms with Gasteiger partial charge in [-0.25, -0.2) is 0 Å². The van der Waals surface area contributed by atoms with E-state index in [1.54, 1.807) is 49.4 Å². The van der Waals surface area contributed by atoms with Crippen LogP contribution in [0.25, 0.3) is 0 Å². The van der Waals surface area contributed by atoms with E-state index in [1.807, 2.05) is 0 Å². The molecule has 1 aliphatic heterocycles. The Morgan fingerprint density at radius 2 is 1.77 bits per heavy atom. The molecule has 10 heteroatoms. The van der Waals surface area contributed by atoms with Crippen molar-refractivity contribution >= 4 is 57.1 Å². The van der Waals surface area contributed by atoms with Gasteiger partial charge in [-0.15, -0.1) is 10.2 Å².